The Bertz CT molecular complexity index is 227. The molecule has 3 nitrogen and oxygen atoms in total. The van der Waals surface area contributed by atoms with Crippen molar-refractivity contribution in [3.63, 3.8) is 0 Å². The molecule has 2 fully saturated rings. The molecule has 2 saturated heterocycles. The Morgan fingerprint density at radius 1 is 1.33 bits per heavy atom. The summed E-state index contributed by atoms with van der Waals surface area (Å²) in [4.78, 5) is 24.1. The van der Waals surface area contributed by atoms with Gasteiger partial charge in [0.15, 0.2) is 0 Å². The van der Waals surface area contributed by atoms with Crippen molar-refractivity contribution in [3.8, 4) is 0 Å². The van der Waals surface area contributed by atoms with Crippen LogP contribution in [0.1, 0.15) is 32.1 Å². The smallest absolute Gasteiger partial charge is 0.223 e. The van der Waals surface area contributed by atoms with Crippen LogP contribution in [-0.2, 0) is 9.59 Å². The van der Waals surface area contributed by atoms with Crippen LogP contribution < -0.4 is 0 Å². The topological polar surface area (TPSA) is 37.4 Å². The predicted octanol–water partition coefficient (Wildman–Crippen LogP) is 0.730. The molecule has 3 heteroatoms. The number of aldehydes is 1. The zero-order valence-electron chi connectivity index (χ0n) is 7.08. The Labute approximate surface area is 71.7 Å². The standard InChI is InChI=1S/C9H13NO2/c11-7-9-4-1-3-8(12)10(9)6-2-5-9/h7H,1-6H2. The van der Waals surface area contributed by atoms with Crippen molar-refractivity contribution in [1.82, 2.24) is 4.90 Å². The zero-order chi connectivity index (χ0) is 8.60. The first-order valence-electron chi connectivity index (χ1n) is 4.55. The second-order valence-corrected chi connectivity index (χ2v) is 3.72. The number of carbonyl (C=O) groups is 2. The number of carbonyl (C=O) groups excluding carboxylic acids is 2. The molecule has 12 heavy (non-hydrogen) atoms. The third-order valence-electron chi connectivity index (χ3n) is 3.05. The van der Waals surface area contributed by atoms with Gasteiger partial charge in [0.2, 0.25) is 5.91 Å². The minimum absolute atomic E-state index is 0.172. The summed E-state index contributed by atoms with van der Waals surface area (Å²) >= 11 is 0. The summed E-state index contributed by atoms with van der Waals surface area (Å²) < 4.78 is 0. The average Bonchev–Trinajstić information content (AvgIpc) is 2.50. The van der Waals surface area contributed by atoms with E-state index < -0.39 is 5.54 Å². The van der Waals surface area contributed by atoms with Gasteiger partial charge in [0.1, 0.15) is 6.29 Å². The SMILES string of the molecule is O=CC12CCCC(=O)N1CCC2. The lowest BCUT2D eigenvalue weighted by atomic mass is 9.88. The third-order valence-corrected chi connectivity index (χ3v) is 3.05. The molecule has 0 spiro atoms. The number of piperidine rings is 1. The molecule has 0 N–H and O–H groups in total. The summed E-state index contributed by atoms with van der Waals surface area (Å²) in [5, 5.41) is 0. The average molecular weight is 167 g/mol. The van der Waals surface area contributed by atoms with Crippen LogP contribution in [0.3, 0.4) is 0 Å². The molecule has 1 unspecified atom stereocenters. The van der Waals surface area contributed by atoms with Gasteiger partial charge >= 0.3 is 0 Å². The predicted molar refractivity (Wildman–Crippen MR) is 43.6 cm³/mol. The summed E-state index contributed by atoms with van der Waals surface area (Å²) in [5.41, 5.74) is -0.394. The van der Waals surface area contributed by atoms with Crippen molar-refractivity contribution < 1.29 is 9.59 Å². The Balaban J connectivity index is 2.28. The maximum atomic E-state index is 11.4. The second kappa shape index (κ2) is 2.57. The normalized spacial score (nSPS) is 35.0. The van der Waals surface area contributed by atoms with Crippen molar-refractivity contribution >= 4 is 12.2 Å². The van der Waals surface area contributed by atoms with Gasteiger partial charge in [-0.1, -0.05) is 0 Å². The minimum atomic E-state index is -0.394. The van der Waals surface area contributed by atoms with Gasteiger partial charge in [-0.25, -0.2) is 0 Å². The molecule has 1 amide bonds. The number of hydrogen-bond donors (Lipinski definition) is 0. The van der Waals surface area contributed by atoms with Crippen LogP contribution in [0.4, 0.5) is 0 Å². The van der Waals surface area contributed by atoms with E-state index in [1.54, 1.807) is 4.90 Å². The molecule has 0 aromatic heterocycles. The number of fused-ring (bicyclic) bond motifs is 1. The molecule has 2 aliphatic rings. The molecule has 0 aromatic carbocycles. The monoisotopic (exact) mass is 167 g/mol. The van der Waals surface area contributed by atoms with Crippen molar-refractivity contribution in [2.75, 3.05) is 6.54 Å². The van der Waals surface area contributed by atoms with E-state index in [1.165, 1.54) is 0 Å². The number of rotatable bonds is 1. The highest BCUT2D eigenvalue weighted by Gasteiger charge is 2.45. The van der Waals surface area contributed by atoms with E-state index >= 15 is 0 Å². The fourth-order valence-corrected chi connectivity index (χ4v) is 2.40. The van der Waals surface area contributed by atoms with Gasteiger partial charge in [0.05, 0.1) is 5.54 Å². The molecule has 1 atom stereocenters. The molecular weight excluding hydrogens is 154 g/mol. The van der Waals surface area contributed by atoms with Crippen LogP contribution >= 0.6 is 0 Å². The van der Waals surface area contributed by atoms with Crippen LogP contribution in [0.15, 0.2) is 0 Å². The van der Waals surface area contributed by atoms with E-state index in [0.717, 1.165) is 38.5 Å². The first-order chi connectivity index (χ1) is 5.78. The highest BCUT2D eigenvalue weighted by Crippen LogP contribution is 2.36. The van der Waals surface area contributed by atoms with E-state index in [1.807, 2.05) is 0 Å². The van der Waals surface area contributed by atoms with Gasteiger partial charge in [-0.2, -0.15) is 0 Å². The van der Waals surface area contributed by atoms with Crippen molar-refractivity contribution in [3.05, 3.63) is 0 Å². The van der Waals surface area contributed by atoms with Crippen LogP contribution in [-0.4, -0.2) is 29.2 Å². The Morgan fingerprint density at radius 3 is 2.75 bits per heavy atom. The Hall–Kier alpha value is -0.860. The molecule has 66 valence electrons. The molecule has 2 rings (SSSR count). The van der Waals surface area contributed by atoms with E-state index in [2.05, 4.69) is 0 Å². The van der Waals surface area contributed by atoms with Crippen molar-refractivity contribution in [1.29, 1.82) is 0 Å². The van der Waals surface area contributed by atoms with Gasteiger partial charge in [0, 0.05) is 13.0 Å². The Kier molecular flexibility index (Phi) is 1.67. The van der Waals surface area contributed by atoms with E-state index in [-0.39, 0.29) is 5.91 Å². The van der Waals surface area contributed by atoms with Crippen molar-refractivity contribution in [2.24, 2.45) is 0 Å². The molecule has 0 bridgehead atoms. The van der Waals surface area contributed by atoms with Crippen LogP contribution in [0.2, 0.25) is 0 Å². The molecule has 0 aromatic rings. The largest absolute Gasteiger partial charge is 0.330 e. The minimum Gasteiger partial charge on any atom is -0.330 e. The van der Waals surface area contributed by atoms with Gasteiger partial charge in [-0.3, -0.25) is 4.79 Å². The quantitative estimate of drug-likeness (QED) is 0.540. The molecule has 0 aliphatic carbocycles. The summed E-state index contributed by atoms with van der Waals surface area (Å²) in [7, 11) is 0. The lowest BCUT2D eigenvalue weighted by molar-refractivity contribution is -0.143. The van der Waals surface area contributed by atoms with Crippen LogP contribution in [0.25, 0.3) is 0 Å². The first-order valence-corrected chi connectivity index (χ1v) is 4.55. The van der Waals surface area contributed by atoms with Crippen molar-refractivity contribution in [2.45, 2.75) is 37.6 Å². The van der Waals surface area contributed by atoms with E-state index in [4.69, 9.17) is 0 Å². The highest BCUT2D eigenvalue weighted by molar-refractivity contribution is 5.84. The second-order valence-electron chi connectivity index (χ2n) is 3.72. The molecule has 0 saturated carbocycles. The molecular formula is C9H13NO2. The van der Waals surface area contributed by atoms with Crippen LogP contribution in [0, 0.1) is 0 Å². The summed E-state index contributed by atoms with van der Waals surface area (Å²) in [6.45, 7) is 0.789. The number of amides is 1. The number of hydrogen-bond acceptors (Lipinski definition) is 2. The van der Waals surface area contributed by atoms with Gasteiger partial charge in [-0.15, -0.1) is 0 Å². The first kappa shape index (κ1) is 7.77. The lowest BCUT2D eigenvalue weighted by Gasteiger charge is -2.37. The molecule has 2 aliphatic heterocycles. The highest BCUT2D eigenvalue weighted by atomic mass is 16.2. The summed E-state index contributed by atoms with van der Waals surface area (Å²) in [5.74, 6) is 0.172. The molecule has 0 radical (unpaired) electrons. The Morgan fingerprint density at radius 2 is 2.08 bits per heavy atom. The summed E-state index contributed by atoms with van der Waals surface area (Å²) in [6.07, 6.45) is 5.25. The fraction of sp³-hybridized carbons (Fsp3) is 0.778. The lowest BCUT2D eigenvalue weighted by Crippen LogP contribution is -2.51. The maximum Gasteiger partial charge on any atom is 0.223 e. The maximum absolute atomic E-state index is 11.4. The van der Waals surface area contributed by atoms with E-state index in [0.29, 0.717) is 6.42 Å². The summed E-state index contributed by atoms with van der Waals surface area (Å²) in [6, 6.07) is 0. The third kappa shape index (κ3) is 0.886. The fourth-order valence-electron chi connectivity index (χ4n) is 2.40. The van der Waals surface area contributed by atoms with Gasteiger partial charge in [0.25, 0.3) is 0 Å². The van der Waals surface area contributed by atoms with Gasteiger partial charge in [-0.05, 0) is 25.7 Å². The molecule has 2 heterocycles. The zero-order valence-corrected chi connectivity index (χ0v) is 7.08. The van der Waals surface area contributed by atoms with Crippen LogP contribution in [0.5, 0.6) is 0 Å². The van der Waals surface area contributed by atoms with E-state index in [9.17, 15) is 9.59 Å². The van der Waals surface area contributed by atoms with Gasteiger partial charge < -0.3 is 9.69 Å². The number of nitrogens with zero attached hydrogens (tertiary/aromatic N) is 1.